The molecule has 0 saturated heterocycles. The predicted octanol–water partition coefficient (Wildman–Crippen LogP) is 15.3. The molecule has 1 aliphatic carbocycles. The topological polar surface area (TPSA) is 25.8 Å². The second kappa shape index (κ2) is 12.5. The number of fused-ring (bicyclic) bond motifs is 12. The lowest BCUT2D eigenvalue weighted by Crippen LogP contribution is -2.15. The Morgan fingerprint density at radius 1 is 0.362 bits per heavy atom. The van der Waals surface area contributed by atoms with Gasteiger partial charge in [-0.3, -0.25) is 9.97 Å². The maximum atomic E-state index is 4.81. The third-order valence-electron chi connectivity index (χ3n) is 12.6. The molecule has 11 aromatic rings. The van der Waals surface area contributed by atoms with E-state index in [9.17, 15) is 0 Å². The fraction of sp³-hybridized carbons (Fsp3) is 0.0545. The van der Waals surface area contributed by atoms with Gasteiger partial charge in [-0.05, 0) is 114 Å². The molecular formula is C55H36N2S. The van der Waals surface area contributed by atoms with Gasteiger partial charge in [-0.1, -0.05) is 147 Å². The van der Waals surface area contributed by atoms with Crippen LogP contribution in [-0.4, -0.2) is 9.97 Å². The van der Waals surface area contributed by atoms with E-state index in [1.807, 2.05) is 11.3 Å². The number of aromatic nitrogens is 2. The van der Waals surface area contributed by atoms with Crippen molar-refractivity contribution in [3.8, 4) is 55.6 Å². The van der Waals surface area contributed by atoms with Gasteiger partial charge in [0.15, 0.2) is 0 Å². The van der Waals surface area contributed by atoms with Gasteiger partial charge >= 0.3 is 0 Å². The molecule has 0 unspecified atom stereocenters. The van der Waals surface area contributed by atoms with Crippen LogP contribution < -0.4 is 0 Å². The summed E-state index contributed by atoms with van der Waals surface area (Å²) in [4.78, 5) is 9.57. The first-order chi connectivity index (χ1) is 28.5. The Hall–Kier alpha value is -6.94. The van der Waals surface area contributed by atoms with Gasteiger partial charge in [-0.2, -0.15) is 0 Å². The summed E-state index contributed by atoms with van der Waals surface area (Å²) in [6, 6.07) is 62.9. The number of nitrogens with zero attached hydrogens (tertiary/aromatic N) is 2. The molecule has 58 heavy (non-hydrogen) atoms. The Morgan fingerprint density at radius 2 is 0.862 bits per heavy atom. The Balaban J connectivity index is 0.892. The summed E-state index contributed by atoms with van der Waals surface area (Å²) in [6.45, 7) is 4.77. The van der Waals surface area contributed by atoms with Crippen molar-refractivity contribution < 1.29 is 0 Å². The van der Waals surface area contributed by atoms with Gasteiger partial charge in [0.2, 0.25) is 0 Å². The van der Waals surface area contributed by atoms with Crippen LogP contribution in [0.15, 0.2) is 182 Å². The molecule has 272 valence electrons. The van der Waals surface area contributed by atoms with E-state index >= 15 is 0 Å². The van der Waals surface area contributed by atoms with Gasteiger partial charge in [0.1, 0.15) is 0 Å². The normalized spacial score (nSPS) is 13.1. The molecule has 2 heterocycles. The summed E-state index contributed by atoms with van der Waals surface area (Å²) < 4.78 is 2.70. The number of rotatable bonds is 4. The Morgan fingerprint density at radius 3 is 1.57 bits per heavy atom. The number of thiophene rings is 1. The van der Waals surface area contributed by atoms with Gasteiger partial charge in [0, 0.05) is 48.8 Å². The third kappa shape index (κ3) is 4.97. The molecule has 0 spiro atoms. The lowest BCUT2D eigenvalue weighted by Gasteiger charge is -2.23. The lowest BCUT2D eigenvalue weighted by atomic mass is 9.80. The highest BCUT2D eigenvalue weighted by atomic mass is 32.1. The van der Waals surface area contributed by atoms with Crippen molar-refractivity contribution in [2.24, 2.45) is 0 Å². The zero-order chi connectivity index (χ0) is 38.5. The average Bonchev–Trinajstić information content (AvgIpc) is 3.78. The second-order valence-corrected chi connectivity index (χ2v) is 17.2. The third-order valence-corrected chi connectivity index (χ3v) is 13.8. The van der Waals surface area contributed by atoms with Crippen molar-refractivity contribution >= 4 is 64.1 Å². The van der Waals surface area contributed by atoms with Crippen LogP contribution in [0.2, 0.25) is 0 Å². The molecule has 0 fully saturated rings. The van der Waals surface area contributed by atoms with Gasteiger partial charge in [-0.25, -0.2) is 0 Å². The molecule has 12 rings (SSSR count). The predicted molar refractivity (Wildman–Crippen MR) is 247 cm³/mol. The minimum Gasteiger partial charge on any atom is -0.252 e. The van der Waals surface area contributed by atoms with Crippen LogP contribution in [0.4, 0.5) is 0 Å². The van der Waals surface area contributed by atoms with E-state index in [0.29, 0.717) is 0 Å². The molecule has 3 heteroatoms. The zero-order valence-electron chi connectivity index (χ0n) is 32.1. The fourth-order valence-electron chi connectivity index (χ4n) is 9.63. The molecular weight excluding hydrogens is 721 g/mol. The molecule has 0 aliphatic heterocycles. The van der Waals surface area contributed by atoms with Crippen molar-refractivity contribution in [2.45, 2.75) is 19.3 Å². The summed E-state index contributed by atoms with van der Waals surface area (Å²) in [6.07, 6.45) is 3.58. The van der Waals surface area contributed by atoms with E-state index in [1.165, 1.54) is 92.1 Å². The molecule has 0 amide bonds. The van der Waals surface area contributed by atoms with E-state index in [0.717, 1.165) is 27.4 Å². The number of benzene rings is 9. The van der Waals surface area contributed by atoms with Gasteiger partial charge in [0.25, 0.3) is 0 Å². The second-order valence-electron chi connectivity index (χ2n) is 16.1. The van der Waals surface area contributed by atoms with Crippen molar-refractivity contribution in [2.75, 3.05) is 0 Å². The molecule has 1 aliphatic rings. The minimum absolute atomic E-state index is 0.139. The molecule has 9 aromatic carbocycles. The van der Waals surface area contributed by atoms with Crippen LogP contribution in [0.5, 0.6) is 0 Å². The SMILES string of the molecule is CC1(C)c2cc(-c3cccc(-c4cccc(-c5ccc6c7ccccc7c7nccnc7c6c5)c4)c3)ccc2-c2ccc(-c3cccc4c3sc3ccccc34)cc21. The summed E-state index contributed by atoms with van der Waals surface area (Å²) in [5.74, 6) is 0. The van der Waals surface area contributed by atoms with Crippen LogP contribution in [0.3, 0.4) is 0 Å². The van der Waals surface area contributed by atoms with Crippen LogP contribution in [0, 0.1) is 0 Å². The smallest absolute Gasteiger partial charge is 0.0971 e. The first-order valence-electron chi connectivity index (χ1n) is 20.0. The molecule has 0 N–H and O–H groups in total. The van der Waals surface area contributed by atoms with Crippen LogP contribution >= 0.6 is 11.3 Å². The average molecular weight is 757 g/mol. The van der Waals surface area contributed by atoms with Crippen LogP contribution in [0.1, 0.15) is 25.0 Å². The first kappa shape index (κ1) is 33.2. The highest BCUT2D eigenvalue weighted by Crippen LogP contribution is 2.51. The molecule has 0 bridgehead atoms. The van der Waals surface area contributed by atoms with E-state index in [2.05, 4.69) is 184 Å². The van der Waals surface area contributed by atoms with Crippen LogP contribution in [-0.2, 0) is 5.41 Å². The van der Waals surface area contributed by atoms with E-state index < -0.39 is 0 Å². The summed E-state index contributed by atoms with van der Waals surface area (Å²) >= 11 is 1.90. The number of hydrogen-bond acceptors (Lipinski definition) is 3. The highest BCUT2D eigenvalue weighted by molar-refractivity contribution is 7.26. The maximum Gasteiger partial charge on any atom is 0.0971 e. The maximum absolute atomic E-state index is 4.81. The Bertz CT molecular complexity index is 3460. The molecule has 0 atom stereocenters. The van der Waals surface area contributed by atoms with E-state index in [-0.39, 0.29) is 5.41 Å². The largest absolute Gasteiger partial charge is 0.252 e. The zero-order valence-corrected chi connectivity index (χ0v) is 32.9. The monoisotopic (exact) mass is 756 g/mol. The molecule has 2 aromatic heterocycles. The van der Waals surface area contributed by atoms with Crippen molar-refractivity contribution in [1.82, 2.24) is 9.97 Å². The van der Waals surface area contributed by atoms with E-state index in [4.69, 9.17) is 9.97 Å². The first-order valence-corrected chi connectivity index (χ1v) is 20.8. The van der Waals surface area contributed by atoms with Gasteiger partial charge in [0.05, 0.1) is 11.0 Å². The van der Waals surface area contributed by atoms with Crippen molar-refractivity contribution in [1.29, 1.82) is 0 Å². The van der Waals surface area contributed by atoms with E-state index in [1.54, 1.807) is 12.4 Å². The van der Waals surface area contributed by atoms with Gasteiger partial charge < -0.3 is 0 Å². The van der Waals surface area contributed by atoms with Gasteiger partial charge in [-0.15, -0.1) is 11.3 Å². The summed E-state index contributed by atoms with van der Waals surface area (Å²) in [5.41, 5.74) is 17.0. The standard InChI is InChI=1S/C55H36N2S/c1-55(2)49-31-38(21-24-43(49)44-25-22-39(32-50(44)55)40-17-9-18-47-45-15-5-6-19-51(45)58-54(40)47)36-13-8-11-34(29-36)33-10-7-12-35(28-33)37-20-23-42-41-14-3-4-16-46(41)52-53(48(42)30-37)57-27-26-56-52/h3-32H,1-2H3. The minimum atomic E-state index is -0.139. The molecule has 0 saturated carbocycles. The Kier molecular flexibility index (Phi) is 7.18. The quantitative estimate of drug-likeness (QED) is 0.167. The van der Waals surface area contributed by atoms with Crippen molar-refractivity contribution in [3.63, 3.8) is 0 Å². The Labute approximate surface area is 340 Å². The molecule has 0 radical (unpaired) electrons. The van der Waals surface area contributed by atoms with Crippen LogP contribution in [0.25, 0.3) is 108 Å². The molecule has 2 nitrogen and oxygen atoms in total. The lowest BCUT2D eigenvalue weighted by molar-refractivity contribution is 0.661. The summed E-state index contributed by atoms with van der Waals surface area (Å²) in [7, 11) is 0. The fourth-order valence-corrected chi connectivity index (χ4v) is 10.9. The summed E-state index contributed by atoms with van der Waals surface area (Å²) in [5, 5.41) is 7.33. The van der Waals surface area contributed by atoms with Crippen molar-refractivity contribution in [3.05, 3.63) is 193 Å². The highest BCUT2D eigenvalue weighted by Gasteiger charge is 2.36. The number of hydrogen-bond donors (Lipinski definition) is 0.